The smallest absolute Gasteiger partial charge is 0.319 e. The Hall–Kier alpha value is -1.37. The summed E-state index contributed by atoms with van der Waals surface area (Å²) in [6.45, 7) is 3.72. The number of halogens is 1. The van der Waals surface area contributed by atoms with Gasteiger partial charge in [-0.25, -0.2) is 4.79 Å². The second-order valence-electron chi connectivity index (χ2n) is 5.08. The van der Waals surface area contributed by atoms with Gasteiger partial charge in [0.05, 0.1) is 6.29 Å². The van der Waals surface area contributed by atoms with Gasteiger partial charge in [-0.2, -0.15) is 0 Å². The molecule has 1 rings (SSSR count). The highest BCUT2D eigenvalue weighted by molar-refractivity contribution is 9.10. The fourth-order valence-corrected chi connectivity index (χ4v) is 2.41. The Labute approximate surface area is 144 Å². The van der Waals surface area contributed by atoms with Crippen molar-refractivity contribution in [1.82, 2.24) is 10.6 Å². The Morgan fingerprint density at radius 2 is 1.91 bits per heavy atom. The van der Waals surface area contributed by atoms with E-state index in [9.17, 15) is 14.2 Å². The van der Waals surface area contributed by atoms with Crippen LogP contribution in [0.2, 0.25) is 0 Å². The Kier molecular flexibility index (Phi) is 8.30. The topological polar surface area (TPSA) is 108 Å². The van der Waals surface area contributed by atoms with Gasteiger partial charge in [-0.1, -0.05) is 36.2 Å². The zero-order chi connectivity index (χ0) is 17.4. The molecule has 7 nitrogen and oxygen atoms in total. The van der Waals surface area contributed by atoms with Crippen LogP contribution in [0.25, 0.3) is 0 Å². The molecule has 128 valence electrons. The van der Waals surface area contributed by atoms with E-state index in [1.54, 1.807) is 24.3 Å². The van der Waals surface area contributed by atoms with Crippen LogP contribution in [0.5, 0.6) is 0 Å². The number of hydrogen-bond donors (Lipinski definition) is 4. The van der Waals surface area contributed by atoms with Crippen LogP contribution in [0.1, 0.15) is 20.3 Å². The lowest BCUT2D eigenvalue weighted by atomic mass is 9.98. The maximum absolute atomic E-state index is 12.1. The molecule has 3 atom stereocenters. The Balaban J connectivity index is 2.68. The fourth-order valence-electron chi connectivity index (χ4n) is 1.82. The van der Waals surface area contributed by atoms with Crippen molar-refractivity contribution in [2.24, 2.45) is 5.92 Å². The molecule has 0 aromatic heterocycles. The maximum atomic E-state index is 12.1. The van der Waals surface area contributed by atoms with E-state index in [2.05, 4.69) is 31.9 Å². The normalized spacial score (nSPS) is 14.4. The predicted octanol–water partition coefficient (Wildman–Crippen LogP) is 2.53. The highest BCUT2D eigenvalue weighted by Crippen LogP contribution is 2.15. The van der Waals surface area contributed by atoms with Crippen molar-refractivity contribution in [3.8, 4) is 0 Å². The molecule has 1 aromatic carbocycles. The molecule has 0 radical (unpaired) electrons. The van der Waals surface area contributed by atoms with Gasteiger partial charge in [0.2, 0.25) is 13.9 Å². The number of carbonyl (C=O) groups is 2. The molecule has 0 aliphatic rings. The molecule has 9 heteroatoms. The molecule has 0 saturated heterocycles. The van der Waals surface area contributed by atoms with Crippen LogP contribution in [0, 0.1) is 5.92 Å². The number of hydrogen-bond acceptors (Lipinski definition) is 3. The number of carbonyl (C=O) groups excluding carboxylic acids is 2. The van der Waals surface area contributed by atoms with Gasteiger partial charge in [-0.05, 0) is 30.2 Å². The molecule has 1 aromatic rings. The SMILES string of the molecule is CC[C@H](C)[C@H](NC(=O)Nc1ccc(Br)cc1)C(=O)NC[PH](=O)O. The quantitative estimate of drug-likeness (QED) is 0.522. The number of amides is 3. The van der Waals surface area contributed by atoms with Crippen molar-refractivity contribution in [1.29, 1.82) is 0 Å². The summed E-state index contributed by atoms with van der Waals surface area (Å²) in [6, 6.07) is 5.72. The third-order valence-electron chi connectivity index (χ3n) is 3.30. The second kappa shape index (κ2) is 9.70. The van der Waals surface area contributed by atoms with Gasteiger partial charge in [0.1, 0.15) is 6.04 Å². The van der Waals surface area contributed by atoms with E-state index in [4.69, 9.17) is 4.89 Å². The van der Waals surface area contributed by atoms with Crippen molar-refractivity contribution in [3.05, 3.63) is 28.7 Å². The summed E-state index contributed by atoms with van der Waals surface area (Å²) in [5.41, 5.74) is 0.592. The Morgan fingerprint density at radius 1 is 1.30 bits per heavy atom. The average molecular weight is 406 g/mol. The Morgan fingerprint density at radius 3 is 2.43 bits per heavy atom. The largest absolute Gasteiger partial charge is 0.345 e. The molecule has 0 aliphatic heterocycles. The molecule has 0 spiro atoms. The summed E-state index contributed by atoms with van der Waals surface area (Å²) in [4.78, 5) is 32.9. The van der Waals surface area contributed by atoms with Crippen LogP contribution in [-0.2, 0) is 9.36 Å². The first-order valence-electron chi connectivity index (χ1n) is 7.16. The van der Waals surface area contributed by atoms with Crippen molar-refractivity contribution in [2.45, 2.75) is 26.3 Å². The number of nitrogens with one attached hydrogen (secondary N) is 3. The van der Waals surface area contributed by atoms with Crippen LogP contribution in [0.15, 0.2) is 28.7 Å². The van der Waals surface area contributed by atoms with E-state index in [0.717, 1.165) is 4.47 Å². The lowest BCUT2D eigenvalue weighted by Gasteiger charge is -2.23. The lowest BCUT2D eigenvalue weighted by molar-refractivity contribution is -0.123. The minimum Gasteiger partial charge on any atom is -0.345 e. The van der Waals surface area contributed by atoms with Gasteiger partial charge in [-0.15, -0.1) is 0 Å². The summed E-state index contributed by atoms with van der Waals surface area (Å²) in [6.07, 6.45) is 0.372. The highest BCUT2D eigenvalue weighted by Gasteiger charge is 2.25. The summed E-state index contributed by atoms with van der Waals surface area (Å²) < 4.78 is 11.6. The van der Waals surface area contributed by atoms with Gasteiger partial charge in [0.25, 0.3) is 0 Å². The predicted molar refractivity (Wildman–Crippen MR) is 93.8 cm³/mol. The summed E-state index contributed by atoms with van der Waals surface area (Å²) in [5, 5.41) is 7.62. The molecule has 1 unspecified atom stereocenters. The van der Waals surface area contributed by atoms with Crippen molar-refractivity contribution in [2.75, 3.05) is 11.6 Å². The first-order valence-corrected chi connectivity index (χ1v) is 9.51. The van der Waals surface area contributed by atoms with E-state index in [1.807, 2.05) is 13.8 Å². The fraction of sp³-hybridized carbons (Fsp3) is 0.429. The molecule has 4 N–H and O–H groups in total. The van der Waals surface area contributed by atoms with E-state index < -0.39 is 26.0 Å². The molecular formula is C14H21BrN3O4P. The van der Waals surface area contributed by atoms with Crippen LogP contribution < -0.4 is 16.0 Å². The third-order valence-corrected chi connectivity index (χ3v) is 4.31. The van der Waals surface area contributed by atoms with Gasteiger partial charge >= 0.3 is 6.03 Å². The van der Waals surface area contributed by atoms with Crippen molar-refractivity contribution < 1.29 is 19.0 Å². The zero-order valence-corrected chi connectivity index (χ0v) is 15.5. The highest BCUT2D eigenvalue weighted by atomic mass is 79.9. The van der Waals surface area contributed by atoms with E-state index >= 15 is 0 Å². The van der Waals surface area contributed by atoms with Crippen molar-refractivity contribution >= 4 is 41.6 Å². The van der Waals surface area contributed by atoms with E-state index in [0.29, 0.717) is 12.1 Å². The summed E-state index contributed by atoms with van der Waals surface area (Å²) in [5.74, 6) is -0.593. The van der Waals surface area contributed by atoms with Crippen LogP contribution in [-0.4, -0.2) is 29.2 Å². The van der Waals surface area contributed by atoms with Gasteiger partial charge < -0.3 is 20.8 Å². The van der Waals surface area contributed by atoms with E-state index in [1.165, 1.54) is 0 Å². The monoisotopic (exact) mass is 405 g/mol. The van der Waals surface area contributed by atoms with E-state index in [-0.39, 0.29) is 12.2 Å². The molecule has 0 bridgehead atoms. The molecule has 0 saturated carbocycles. The Bertz CT molecular complexity index is 568. The van der Waals surface area contributed by atoms with Crippen molar-refractivity contribution in [3.63, 3.8) is 0 Å². The number of urea groups is 1. The van der Waals surface area contributed by atoms with Gasteiger partial charge in [0, 0.05) is 10.2 Å². The van der Waals surface area contributed by atoms with Crippen LogP contribution in [0.3, 0.4) is 0 Å². The third kappa shape index (κ3) is 7.16. The second-order valence-corrected chi connectivity index (χ2v) is 7.14. The minimum atomic E-state index is -2.79. The molecule has 0 aliphatic carbocycles. The molecular weight excluding hydrogens is 385 g/mol. The minimum absolute atomic E-state index is 0.119. The molecule has 23 heavy (non-hydrogen) atoms. The number of rotatable bonds is 7. The maximum Gasteiger partial charge on any atom is 0.319 e. The molecule has 0 heterocycles. The first-order chi connectivity index (χ1) is 10.8. The lowest BCUT2D eigenvalue weighted by Crippen LogP contribution is -2.51. The summed E-state index contributed by atoms with van der Waals surface area (Å²) >= 11 is 3.30. The van der Waals surface area contributed by atoms with Gasteiger partial charge in [0.15, 0.2) is 0 Å². The molecule has 0 fully saturated rings. The average Bonchev–Trinajstić information content (AvgIpc) is 2.51. The molecule has 3 amide bonds. The summed E-state index contributed by atoms with van der Waals surface area (Å²) in [7, 11) is -2.79. The van der Waals surface area contributed by atoms with Crippen LogP contribution in [0.4, 0.5) is 10.5 Å². The standard InChI is InChI=1S/C14H21BrN3O4P/c1-3-9(2)12(13(19)16-8-23(21)22)18-14(20)17-11-6-4-10(15)5-7-11/h4-7,9,12,23H,3,8H2,1-2H3,(H,16,19)(H,21,22)(H2,17,18,20)/t9-,12-/m0/s1. The zero-order valence-electron chi connectivity index (χ0n) is 12.9. The van der Waals surface area contributed by atoms with Crippen LogP contribution >= 0.6 is 24.0 Å². The number of benzene rings is 1. The first kappa shape index (κ1) is 19.7. The van der Waals surface area contributed by atoms with Gasteiger partial charge in [-0.3, -0.25) is 9.36 Å². The number of anilines is 1.